The zero-order chi connectivity index (χ0) is 13.6. The number of hydrogen-bond acceptors (Lipinski definition) is 7. The largest absolute Gasteiger partial charge is 0.394 e. The van der Waals surface area contributed by atoms with Gasteiger partial charge in [0, 0.05) is 0 Å². The molecule has 2 aromatic rings. The van der Waals surface area contributed by atoms with Crippen LogP contribution in [0.2, 0.25) is 0 Å². The first-order chi connectivity index (χ1) is 9.11. The molecule has 3 rings (SSSR count). The van der Waals surface area contributed by atoms with Crippen molar-refractivity contribution in [1.29, 1.82) is 0 Å². The third kappa shape index (κ3) is 1.79. The van der Waals surface area contributed by atoms with Gasteiger partial charge < -0.3 is 25.3 Å². The number of nitrogen functional groups attached to an aromatic ring is 1. The maximum atomic E-state index is 11.6. The Morgan fingerprint density at radius 2 is 2.42 bits per heavy atom. The van der Waals surface area contributed by atoms with Gasteiger partial charge in [-0.05, 0) is 0 Å². The highest BCUT2D eigenvalue weighted by atomic mass is 16.5. The Morgan fingerprint density at radius 1 is 1.63 bits per heavy atom. The van der Waals surface area contributed by atoms with Crippen molar-refractivity contribution in [3.63, 3.8) is 0 Å². The maximum Gasteiger partial charge on any atom is 0.280 e. The summed E-state index contributed by atoms with van der Waals surface area (Å²) in [7, 11) is 0. The summed E-state index contributed by atoms with van der Waals surface area (Å²) in [5.41, 5.74) is 5.49. The van der Waals surface area contributed by atoms with Crippen molar-refractivity contribution in [2.24, 2.45) is 0 Å². The predicted octanol–water partition coefficient (Wildman–Crippen LogP) is -2.01. The molecule has 1 unspecified atom stereocenters. The van der Waals surface area contributed by atoms with E-state index in [4.69, 9.17) is 15.6 Å². The Bertz CT molecular complexity index is 665. The summed E-state index contributed by atoms with van der Waals surface area (Å²) in [4.78, 5) is 22.0. The molecule has 0 aliphatic carbocycles. The molecule has 0 radical (unpaired) electrons. The number of aromatic nitrogens is 4. The second-order valence-corrected chi connectivity index (χ2v) is 4.39. The van der Waals surface area contributed by atoms with E-state index in [9.17, 15) is 9.90 Å². The second-order valence-electron chi connectivity index (χ2n) is 4.39. The molecule has 3 atom stereocenters. The van der Waals surface area contributed by atoms with Crippen LogP contribution in [0.5, 0.6) is 0 Å². The molecule has 19 heavy (non-hydrogen) atoms. The van der Waals surface area contributed by atoms with Crippen molar-refractivity contribution in [3.8, 4) is 0 Å². The smallest absolute Gasteiger partial charge is 0.280 e. The van der Waals surface area contributed by atoms with Crippen molar-refractivity contribution in [3.05, 3.63) is 16.7 Å². The molecule has 1 saturated heterocycles. The summed E-state index contributed by atoms with van der Waals surface area (Å²) in [6.45, 7) is -0.0767. The molecule has 0 bridgehead atoms. The van der Waals surface area contributed by atoms with Crippen LogP contribution in [-0.4, -0.2) is 55.2 Å². The van der Waals surface area contributed by atoms with Gasteiger partial charge in [-0.15, -0.1) is 0 Å². The molecule has 0 aromatic carbocycles. The Balaban J connectivity index is 2.09. The number of nitrogens with zero attached hydrogens (tertiary/aromatic N) is 3. The fraction of sp³-hybridized carbons (Fsp3) is 0.500. The zero-order valence-electron chi connectivity index (χ0n) is 9.85. The van der Waals surface area contributed by atoms with Crippen LogP contribution in [0, 0.1) is 0 Å². The molecule has 3 heterocycles. The molecule has 0 amide bonds. The van der Waals surface area contributed by atoms with E-state index in [1.807, 2.05) is 0 Å². The fourth-order valence-corrected chi connectivity index (χ4v) is 2.26. The molecule has 1 aliphatic rings. The second kappa shape index (κ2) is 4.30. The van der Waals surface area contributed by atoms with Crippen LogP contribution in [0.4, 0.5) is 5.95 Å². The minimum absolute atomic E-state index is 0.0219. The van der Waals surface area contributed by atoms with Crippen LogP contribution in [0.25, 0.3) is 11.2 Å². The summed E-state index contributed by atoms with van der Waals surface area (Å²) in [5, 5.41) is 19.1. The van der Waals surface area contributed by atoms with Gasteiger partial charge in [-0.1, -0.05) is 0 Å². The van der Waals surface area contributed by atoms with E-state index in [2.05, 4.69) is 15.0 Å². The van der Waals surface area contributed by atoms with E-state index < -0.39 is 23.8 Å². The average molecular weight is 267 g/mol. The van der Waals surface area contributed by atoms with E-state index in [0.717, 1.165) is 0 Å². The highest BCUT2D eigenvalue weighted by Gasteiger charge is 2.37. The summed E-state index contributed by atoms with van der Waals surface area (Å²) >= 11 is 0. The molecular formula is C10H13N5O4. The van der Waals surface area contributed by atoms with Crippen molar-refractivity contribution < 1.29 is 14.9 Å². The number of hydrogen-bond donors (Lipinski definition) is 4. The molecule has 102 valence electrons. The van der Waals surface area contributed by atoms with Gasteiger partial charge >= 0.3 is 0 Å². The van der Waals surface area contributed by atoms with Crippen molar-refractivity contribution in [2.45, 2.75) is 18.2 Å². The van der Waals surface area contributed by atoms with Gasteiger partial charge in [0.2, 0.25) is 5.95 Å². The molecule has 0 spiro atoms. The first-order valence-corrected chi connectivity index (χ1v) is 5.74. The summed E-state index contributed by atoms with van der Waals surface area (Å²) < 4.78 is 6.81. The standard InChI is InChI=1S/C10H13N5O4/c11-10-13-8-6(9(18)14-10)12-3-15(8)4-2-19-5(1-16)7(4)17/h3-5,7,16-17H,1-2H2,(H3,11,13,14,18)/t4?,5-,7+/m1/s1. The molecule has 1 fully saturated rings. The Labute approximate surface area is 106 Å². The summed E-state index contributed by atoms with van der Waals surface area (Å²) in [6.07, 6.45) is -0.143. The van der Waals surface area contributed by atoms with Gasteiger partial charge in [0.05, 0.1) is 25.6 Å². The number of imidazole rings is 1. The zero-order valence-corrected chi connectivity index (χ0v) is 9.85. The number of anilines is 1. The molecule has 0 saturated carbocycles. The van der Waals surface area contributed by atoms with E-state index in [1.54, 1.807) is 4.57 Å². The number of aliphatic hydroxyl groups excluding tert-OH is 2. The van der Waals surface area contributed by atoms with Crippen LogP contribution in [0.15, 0.2) is 11.1 Å². The van der Waals surface area contributed by atoms with Crippen molar-refractivity contribution >= 4 is 17.1 Å². The number of H-pyrrole nitrogens is 1. The number of aliphatic hydroxyl groups is 2. The monoisotopic (exact) mass is 267 g/mol. The van der Waals surface area contributed by atoms with Gasteiger partial charge in [0.15, 0.2) is 11.2 Å². The van der Waals surface area contributed by atoms with Crippen LogP contribution in [0.1, 0.15) is 6.04 Å². The molecule has 2 aromatic heterocycles. The molecule has 9 nitrogen and oxygen atoms in total. The first-order valence-electron chi connectivity index (χ1n) is 5.74. The number of rotatable bonds is 2. The lowest BCUT2D eigenvalue weighted by molar-refractivity contribution is 0.00206. The van der Waals surface area contributed by atoms with Gasteiger partial charge in [-0.3, -0.25) is 9.78 Å². The van der Waals surface area contributed by atoms with Crippen LogP contribution in [0.3, 0.4) is 0 Å². The lowest BCUT2D eigenvalue weighted by Gasteiger charge is -2.17. The normalized spacial score (nSPS) is 27.2. The lowest BCUT2D eigenvalue weighted by atomic mass is 10.1. The SMILES string of the molecule is Nc1nc2c(ncn2C2CO[C@H](CO)[C@H]2O)c(=O)[nH]1. The quantitative estimate of drug-likeness (QED) is 0.493. The third-order valence-electron chi connectivity index (χ3n) is 3.24. The van der Waals surface area contributed by atoms with Gasteiger partial charge in [-0.25, -0.2) is 4.98 Å². The van der Waals surface area contributed by atoms with Crippen molar-refractivity contribution in [1.82, 2.24) is 19.5 Å². The van der Waals surface area contributed by atoms with Gasteiger partial charge in [-0.2, -0.15) is 4.98 Å². The highest BCUT2D eigenvalue weighted by Crippen LogP contribution is 2.26. The topological polar surface area (TPSA) is 139 Å². The van der Waals surface area contributed by atoms with E-state index in [1.165, 1.54) is 6.33 Å². The van der Waals surface area contributed by atoms with Crippen molar-refractivity contribution in [2.75, 3.05) is 18.9 Å². The number of fused-ring (bicyclic) bond motifs is 1. The van der Waals surface area contributed by atoms with Crippen LogP contribution >= 0.6 is 0 Å². The minimum atomic E-state index is -0.898. The number of ether oxygens (including phenoxy) is 1. The molecule has 9 heteroatoms. The maximum absolute atomic E-state index is 11.6. The van der Waals surface area contributed by atoms with Crippen LogP contribution < -0.4 is 11.3 Å². The minimum Gasteiger partial charge on any atom is -0.394 e. The summed E-state index contributed by atoms with van der Waals surface area (Å²) in [5.74, 6) is -0.0219. The Hall–Kier alpha value is -1.97. The van der Waals surface area contributed by atoms with Gasteiger partial charge in [0.1, 0.15) is 12.2 Å². The Morgan fingerprint density at radius 3 is 3.11 bits per heavy atom. The summed E-state index contributed by atoms with van der Waals surface area (Å²) in [6, 6.07) is -0.462. The van der Waals surface area contributed by atoms with E-state index in [-0.39, 0.29) is 30.3 Å². The lowest BCUT2D eigenvalue weighted by Crippen LogP contribution is -2.30. The first kappa shape index (κ1) is 12.1. The third-order valence-corrected chi connectivity index (χ3v) is 3.24. The average Bonchev–Trinajstić information content (AvgIpc) is 2.92. The van der Waals surface area contributed by atoms with Crippen LogP contribution in [-0.2, 0) is 4.74 Å². The van der Waals surface area contributed by atoms with E-state index in [0.29, 0.717) is 0 Å². The Kier molecular flexibility index (Phi) is 2.73. The van der Waals surface area contributed by atoms with E-state index >= 15 is 0 Å². The molecule has 5 N–H and O–H groups in total. The number of nitrogens with two attached hydrogens (primary N) is 1. The number of nitrogens with one attached hydrogen (secondary N) is 1. The fourth-order valence-electron chi connectivity index (χ4n) is 2.26. The number of aromatic amines is 1. The predicted molar refractivity (Wildman–Crippen MR) is 64.4 cm³/mol. The molecular weight excluding hydrogens is 254 g/mol. The molecule has 1 aliphatic heterocycles. The highest BCUT2D eigenvalue weighted by molar-refractivity contribution is 5.70. The van der Waals surface area contributed by atoms with Gasteiger partial charge in [0.25, 0.3) is 5.56 Å².